The highest BCUT2D eigenvalue weighted by Crippen LogP contribution is 2.17. The molecule has 0 spiro atoms. The zero-order valence-electron chi connectivity index (χ0n) is 10.4. The fourth-order valence-electron chi connectivity index (χ4n) is 2.13. The van der Waals surface area contributed by atoms with Gasteiger partial charge in [-0.1, -0.05) is 13.8 Å². The van der Waals surface area contributed by atoms with Crippen molar-refractivity contribution in [1.29, 1.82) is 5.26 Å². The Bertz CT molecular complexity index is 232. The summed E-state index contributed by atoms with van der Waals surface area (Å²) in [5, 5.41) is 9.05. The molecular formula is C12H23N3. The SMILES string of the molecule is CC(C)C(C#N)CN(C)C1CCN(C)C1. The molecule has 1 aliphatic heterocycles. The van der Waals surface area contributed by atoms with Crippen molar-refractivity contribution in [2.75, 3.05) is 33.7 Å². The van der Waals surface area contributed by atoms with Crippen LogP contribution in [0.15, 0.2) is 0 Å². The number of hydrogen-bond donors (Lipinski definition) is 0. The van der Waals surface area contributed by atoms with Crippen LogP contribution in [0.1, 0.15) is 20.3 Å². The molecule has 0 N–H and O–H groups in total. The minimum absolute atomic E-state index is 0.168. The van der Waals surface area contributed by atoms with Gasteiger partial charge in [-0.15, -0.1) is 0 Å². The molecule has 0 amide bonds. The van der Waals surface area contributed by atoms with Crippen LogP contribution in [0.25, 0.3) is 0 Å². The second-order valence-corrected chi connectivity index (χ2v) is 5.12. The largest absolute Gasteiger partial charge is 0.305 e. The van der Waals surface area contributed by atoms with Crippen LogP contribution in [0.4, 0.5) is 0 Å². The summed E-state index contributed by atoms with van der Waals surface area (Å²) in [6.45, 7) is 7.50. The molecule has 0 bridgehead atoms. The third-order valence-corrected chi connectivity index (χ3v) is 3.45. The summed E-state index contributed by atoms with van der Waals surface area (Å²) in [6.07, 6.45) is 1.24. The Labute approximate surface area is 93.7 Å². The van der Waals surface area contributed by atoms with Crippen LogP contribution in [-0.4, -0.2) is 49.6 Å². The van der Waals surface area contributed by atoms with E-state index in [9.17, 15) is 0 Å². The molecule has 86 valence electrons. The lowest BCUT2D eigenvalue weighted by Crippen LogP contribution is -2.38. The van der Waals surface area contributed by atoms with Crippen molar-refractivity contribution in [3.05, 3.63) is 0 Å². The topological polar surface area (TPSA) is 30.3 Å². The van der Waals surface area contributed by atoms with Gasteiger partial charge in [-0.2, -0.15) is 5.26 Å². The molecule has 1 aliphatic rings. The van der Waals surface area contributed by atoms with E-state index < -0.39 is 0 Å². The van der Waals surface area contributed by atoms with E-state index in [1.54, 1.807) is 0 Å². The number of nitrogens with zero attached hydrogens (tertiary/aromatic N) is 3. The van der Waals surface area contributed by atoms with Crippen LogP contribution in [0.2, 0.25) is 0 Å². The first-order valence-electron chi connectivity index (χ1n) is 5.83. The zero-order chi connectivity index (χ0) is 11.4. The van der Waals surface area contributed by atoms with Crippen LogP contribution in [0, 0.1) is 23.2 Å². The Morgan fingerprint density at radius 3 is 2.60 bits per heavy atom. The maximum absolute atomic E-state index is 9.05. The first-order valence-corrected chi connectivity index (χ1v) is 5.83. The highest BCUT2D eigenvalue weighted by Gasteiger charge is 2.25. The van der Waals surface area contributed by atoms with Crippen molar-refractivity contribution in [3.8, 4) is 6.07 Å². The van der Waals surface area contributed by atoms with Crippen molar-refractivity contribution < 1.29 is 0 Å². The summed E-state index contributed by atoms with van der Waals surface area (Å²) in [5.74, 6) is 0.623. The van der Waals surface area contributed by atoms with Gasteiger partial charge in [0.05, 0.1) is 12.0 Å². The third-order valence-electron chi connectivity index (χ3n) is 3.45. The Kier molecular flexibility index (Phi) is 4.56. The maximum Gasteiger partial charge on any atom is 0.0672 e. The Hall–Kier alpha value is -0.590. The van der Waals surface area contributed by atoms with Gasteiger partial charge in [0, 0.05) is 19.1 Å². The Morgan fingerprint density at radius 1 is 1.53 bits per heavy atom. The van der Waals surface area contributed by atoms with E-state index in [4.69, 9.17) is 5.26 Å². The van der Waals surface area contributed by atoms with Gasteiger partial charge >= 0.3 is 0 Å². The van der Waals surface area contributed by atoms with Gasteiger partial charge in [-0.25, -0.2) is 0 Å². The first-order chi connectivity index (χ1) is 7.04. The van der Waals surface area contributed by atoms with E-state index in [1.165, 1.54) is 13.0 Å². The molecule has 1 saturated heterocycles. The standard InChI is InChI=1S/C12H23N3/c1-10(2)11(7-13)8-15(4)12-5-6-14(3)9-12/h10-12H,5-6,8-9H2,1-4H3. The van der Waals surface area contributed by atoms with Gasteiger partial charge in [0.25, 0.3) is 0 Å². The molecule has 1 heterocycles. The Balaban J connectivity index is 2.41. The summed E-state index contributed by atoms with van der Waals surface area (Å²) in [7, 11) is 4.31. The lowest BCUT2D eigenvalue weighted by atomic mass is 9.96. The van der Waals surface area contributed by atoms with Gasteiger partial charge in [0.1, 0.15) is 0 Å². The van der Waals surface area contributed by atoms with Gasteiger partial charge in [0.15, 0.2) is 0 Å². The van der Waals surface area contributed by atoms with Gasteiger partial charge in [-0.3, -0.25) is 0 Å². The molecule has 15 heavy (non-hydrogen) atoms. The maximum atomic E-state index is 9.05. The average molecular weight is 209 g/mol. The molecule has 2 unspecified atom stereocenters. The molecule has 0 aromatic heterocycles. The predicted octanol–water partition coefficient (Wildman–Crippen LogP) is 1.42. The summed E-state index contributed by atoms with van der Waals surface area (Å²) < 4.78 is 0. The fraction of sp³-hybridized carbons (Fsp3) is 0.917. The van der Waals surface area contributed by atoms with Gasteiger partial charge in [0.2, 0.25) is 0 Å². The molecule has 0 saturated carbocycles. The van der Waals surface area contributed by atoms with Crippen molar-refractivity contribution in [2.45, 2.75) is 26.3 Å². The molecule has 1 fully saturated rings. The Morgan fingerprint density at radius 2 is 2.20 bits per heavy atom. The molecule has 3 heteroatoms. The lowest BCUT2D eigenvalue weighted by Gasteiger charge is -2.27. The van der Waals surface area contributed by atoms with E-state index >= 15 is 0 Å². The summed E-state index contributed by atoms with van der Waals surface area (Å²) in [4.78, 5) is 4.72. The molecule has 3 nitrogen and oxygen atoms in total. The van der Waals surface area contributed by atoms with Gasteiger partial charge < -0.3 is 9.80 Å². The predicted molar refractivity (Wildman–Crippen MR) is 62.5 cm³/mol. The molecule has 0 aromatic rings. The quantitative estimate of drug-likeness (QED) is 0.701. The average Bonchev–Trinajstić information content (AvgIpc) is 2.60. The van der Waals surface area contributed by atoms with Crippen LogP contribution >= 0.6 is 0 Å². The fourth-order valence-corrected chi connectivity index (χ4v) is 2.13. The second kappa shape index (κ2) is 5.48. The zero-order valence-corrected chi connectivity index (χ0v) is 10.4. The number of likely N-dealkylation sites (N-methyl/N-ethyl adjacent to an activating group) is 2. The van der Waals surface area contributed by atoms with E-state index in [-0.39, 0.29) is 5.92 Å². The molecule has 2 atom stereocenters. The van der Waals surface area contributed by atoms with E-state index in [2.05, 4.69) is 43.8 Å². The summed E-state index contributed by atoms with van der Waals surface area (Å²) in [5.41, 5.74) is 0. The summed E-state index contributed by atoms with van der Waals surface area (Å²) >= 11 is 0. The first kappa shape index (κ1) is 12.5. The normalized spacial score (nSPS) is 24.7. The van der Waals surface area contributed by atoms with Crippen LogP contribution in [0.3, 0.4) is 0 Å². The minimum atomic E-state index is 0.168. The van der Waals surface area contributed by atoms with E-state index in [0.29, 0.717) is 12.0 Å². The van der Waals surface area contributed by atoms with E-state index in [1.807, 2.05) is 0 Å². The van der Waals surface area contributed by atoms with Crippen molar-refractivity contribution in [3.63, 3.8) is 0 Å². The minimum Gasteiger partial charge on any atom is -0.305 e. The van der Waals surface area contributed by atoms with Crippen LogP contribution in [-0.2, 0) is 0 Å². The second-order valence-electron chi connectivity index (χ2n) is 5.12. The van der Waals surface area contributed by atoms with Crippen molar-refractivity contribution in [1.82, 2.24) is 9.80 Å². The molecule has 0 aliphatic carbocycles. The van der Waals surface area contributed by atoms with Gasteiger partial charge in [-0.05, 0) is 33.0 Å². The highest BCUT2D eigenvalue weighted by molar-refractivity contribution is 4.89. The lowest BCUT2D eigenvalue weighted by molar-refractivity contribution is 0.206. The van der Waals surface area contributed by atoms with Crippen LogP contribution in [0.5, 0.6) is 0 Å². The van der Waals surface area contributed by atoms with E-state index in [0.717, 1.165) is 13.1 Å². The smallest absolute Gasteiger partial charge is 0.0672 e. The molecule has 1 rings (SSSR count). The number of nitriles is 1. The van der Waals surface area contributed by atoms with Crippen molar-refractivity contribution in [2.24, 2.45) is 11.8 Å². The number of rotatable bonds is 4. The molecule has 0 radical (unpaired) electrons. The number of likely N-dealkylation sites (tertiary alicyclic amines) is 1. The summed E-state index contributed by atoms with van der Waals surface area (Å²) in [6, 6.07) is 3.05. The molecule has 0 aromatic carbocycles. The monoisotopic (exact) mass is 209 g/mol. The highest BCUT2D eigenvalue weighted by atomic mass is 15.2. The van der Waals surface area contributed by atoms with Crippen LogP contribution < -0.4 is 0 Å². The van der Waals surface area contributed by atoms with Crippen molar-refractivity contribution >= 4 is 0 Å². The number of hydrogen-bond acceptors (Lipinski definition) is 3. The molecular weight excluding hydrogens is 186 g/mol. The third kappa shape index (κ3) is 3.48.